The van der Waals surface area contributed by atoms with E-state index >= 15 is 0 Å². The fourth-order valence-corrected chi connectivity index (χ4v) is 7.83. The average Bonchev–Trinajstić information content (AvgIpc) is 3.02. The number of nitrogens with zero attached hydrogens (tertiary/aromatic N) is 1. The lowest BCUT2D eigenvalue weighted by Gasteiger charge is -2.52. The molecule has 0 aliphatic heterocycles. The molecule has 5 atom stereocenters. The molecule has 0 aromatic carbocycles. The van der Waals surface area contributed by atoms with Gasteiger partial charge in [0.25, 0.3) is 0 Å². The smallest absolute Gasteiger partial charge is 0.316 e. The van der Waals surface area contributed by atoms with Gasteiger partial charge < -0.3 is 4.74 Å². The summed E-state index contributed by atoms with van der Waals surface area (Å²) in [4.78, 5) is 28.4. The number of hydrogen-bond acceptors (Lipinski definition) is 5. The second kappa shape index (κ2) is 10.4. The van der Waals surface area contributed by atoms with Crippen LogP contribution in [-0.2, 0) is 14.3 Å². The van der Waals surface area contributed by atoms with E-state index in [1.54, 1.807) is 11.8 Å². The van der Waals surface area contributed by atoms with Crippen LogP contribution < -0.4 is 0 Å². The number of rotatable bonds is 8. The molecule has 0 spiro atoms. The van der Waals surface area contributed by atoms with Gasteiger partial charge in [-0.3, -0.25) is 14.5 Å². The Balaban J connectivity index is 1.65. The molecule has 3 unspecified atom stereocenters. The lowest BCUT2D eigenvalue weighted by atomic mass is 9.53. The average molecular weight is 466 g/mol. The van der Waals surface area contributed by atoms with Gasteiger partial charge >= 0.3 is 5.97 Å². The summed E-state index contributed by atoms with van der Waals surface area (Å²) in [6.45, 7) is 16.9. The zero-order chi connectivity index (χ0) is 23.7. The standard InChI is InChI=1S/C27H47NO3S/c1-18(2)28(19(3)4)13-14-32-17-24(30)31-23-16-26(6,7)20(5)15-27-11-8-9-21(23)25(27)22(29)10-12-27/h18-21,23,25H,8-17H2,1-7H3/t20-,21?,23+,25?,27?/m0/s1. The lowest BCUT2D eigenvalue weighted by Crippen LogP contribution is -2.50. The van der Waals surface area contributed by atoms with Gasteiger partial charge in [0, 0.05) is 42.6 Å². The van der Waals surface area contributed by atoms with Crippen LogP contribution in [-0.4, -0.2) is 52.9 Å². The molecule has 3 fully saturated rings. The highest BCUT2D eigenvalue weighted by atomic mass is 32.2. The maximum Gasteiger partial charge on any atom is 0.316 e. The molecule has 3 aliphatic rings. The molecule has 0 aromatic rings. The van der Waals surface area contributed by atoms with Gasteiger partial charge in [-0.1, -0.05) is 27.2 Å². The predicted octanol–water partition coefficient (Wildman–Crippen LogP) is 5.97. The highest BCUT2D eigenvalue weighted by molar-refractivity contribution is 7.99. The van der Waals surface area contributed by atoms with E-state index in [1.807, 2.05) is 0 Å². The van der Waals surface area contributed by atoms with Crippen molar-refractivity contribution in [1.29, 1.82) is 0 Å². The Labute approximate surface area is 201 Å². The number of Topliss-reactive ketones (excluding diaryl/α,β-unsaturated/α-hetero) is 1. The first kappa shape index (κ1) is 26.1. The summed E-state index contributed by atoms with van der Waals surface area (Å²) in [6, 6.07) is 1.02. The Bertz CT molecular complexity index is 668. The Morgan fingerprint density at radius 1 is 1.16 bits per heavy atom. The minimum Gasteiger partial charge on any atom is -0.461 e. The first-order chi connectivity index (χ1) is 15.0. The maximum absolute atomic E-state index is 13.0. The number of ether oxygens (including phenoxy) is 1. The van der Waals surface area contributed by atoms with Crippen molar-refractivity contribution in [3.05, 3.63) is 0 Å². The van der Waals surface area contributed by atoms with Crippen LogP contribution in [0.3, 0.4) is 0 Å². The van der Waals surface area contributed by atoms with Gasteiger partial charge in [-0.15, -0.1) is 11.8 Å². The number of carbonyl (C=O) groups is 2. The van der Waals surface area contributed by atoms with E-state index in [2.05, 4.69) is 53.4 Å². The first-order valence-corrected chi connectivity index (χ1v) is 14.2. The number of hydrogen-bond donors (Lipinski definition) is 0. The summed E-state index contributed by atoms with van der Waals surface area (Å²) in [7, 11) is 0. The molecule has 0 radical (unpaired) electrons. The van der Waals surface area contributed by atoms with Gasteiger partial charge in [-0.2, -0.15) is 0 Å². The van der Waals surface area contributed by atoms with Crippen molar-refractivity contribution in [2.45, 2.75) is 112 Å². The molecule has 3 rings (SSSR count). The molecule has 4 nitrogen and oxygen atoms in total. The van der Waals surface area contributed by atoms with Crippen LogP contribution in [0.1, 0.15) is 93.4 Å². The Morgan fingerprint density at radius 2 is 1.84 bits per heavy atom. The molecule has 2 bridgehead atoms. The van der Waals surface area contributed by atoms with Crippen LogP contribution in [0.25, 0.3) is 0 Å². The summed E-state index contributed by atoms with van der Waals surface area (Å²) < 4.78 is 6.23. The second-order valence-electron chi connectivity index (χ2n) is 12.2. The highest BCUT2D eigenvalue weighted by Crippen LogP contribution is 2.61. The van der Waals surface area contributed by atoms with Gasteiger partial charge in [0.05, 0.1) is 5.75 Å². The predicted molar refractivity (Wildman–Crippen MR) is 134 cm³/mol. The molecular weight excluding hydrogens is 418 g/mol. The molecule has 3 aliphatic carbocycles. The van der Waals surface area contributed by atoms with E-state index in [9.17, 15) is 9.59 Å². The number of carbonyl (C=O) groups excluding carboxylic acids is 2. The summed E-state index contributed by atoms with van der Waals surface area (Å²) >= 11 is 1.68. The molecule has 184 valence electrons. The monoisotopic (exact) mass is 465 g/mol. The molecule has 3 saturated carbocycles. The number of thioether (sulfide) groups is 1. The Hall–Kier alpha value is -0.550. The van der Waals surface area contributed by atoms with Crippen molar-refractivity contribution in [1.82, 2.24) is 4.90 Å². The van der Waals surface area contributed by atoms with Crippen LogP contribution in [0, 0.1) is 28.6 Å². The number of ketones is 1. The zero-order valence-corrected chi connectivity index (χ0v) is 22.4. The fourth-order valence-electron chi connectivity index (χ4n) is 7.11. The molecule has 0 heterocycles. The van der Waals surface area contributed by atoms with E-state index < -0.39 is 0 Å². The van der Waals surface area contributed by atoms with Crippen molar-refractivity contribution in [2.75, 3.05) is 18.1 Å². The first-order valence-electron chi connectivity index (χ1n) is 13.0. The van der Waals surface area contributed by atoms with Crippen molar-refractivity contribution in [3.8, 4) is 0 Å². The van der Waals surface area contributed by atoms with Gasteiger partial charge in [-0.05, 0) is 76.5 Å². The molecule has 5 heteroatoms. The van der Waals surface area contributed by atoms with Gasteiger partial charge in [-0.25, -0.2) is 0 Å². The van der Waals surface area contributed by atoms with Crippen LogP contribution in [0.2, 0.25) is 0 Å². The van der Waals surface area contributed by atoms with Crippen LogP contribution >= 0.6 is 11.8 Å². The third-order valence-electron chi connectivity index (χ3n) is 9.09. The van der Waals surface area contributed by atoms with Crippen molar-refractivity contribution in [3.63, 3.8) is 0 Å². The van der Waals surface area contributed by atoms with Gasteiger partial charge in [0.2, 0.25) is 0 Å². The van der Waals surface area contributed by atoms with Crippen LogP contribution in [0.5, 0.6) is 0 Å². The van der Waals surface area contributed by atoms with E-state index in [0.29, 0.717) is 29.5 Å². The third-order valence-corrected chi connectivity index (χ3v) is 10.0. The topological polar surface area (TPSA) is 46.6 Å². The largest absolute Gasteiger partial charge is 0.461 e. The molecule has 0 N–H and O–H groups in total. The van der Waals surface area contributed by atoms with E-state index in [4.69, 9.17) is 4.74 Å². The van der Waals surface area contributed by atoms with Gasteiger partial charge in [0.1, 0.15) is 11.9 Å². The van der Waals surface area contributed by atoms with Crippen LogP contribution in [0.15, 0.2) is 0 Å². The quantitative estimate of drug-likeness (QED) is 0.326. The zero-order valence-electron chi connectivity index (χ0n) is 21.6. The van der Waals surface area contributed by atoms with E-state index in [0.717, 1.165) is 44.4 Å². The van der Waals surface area contributed by atoms with Crippen molar-refractivity contribution < 1.29 is 14.3 Å². The van der Waals surface area contributed by atoms with Crippen LogP contribution in [0.4, 0.5) is 0 Å². The summed E-state index contributed by atoms with van der Waals surface area (Å²) in [5.41, 5.74) is 0.278. The van der Waals surface area contributed by atoms with E-state index in [1.165, 1.54) is 12.8 Å². The molecule has 0 saturated heterocycles. The fraction of sp³-hybridized carbons (Fsp3) is 0.926. The summed E-state index contributed by atoms with van der Waals surface area (Å²) in [5, 5.41) is 0. The Morgan fingerprint density at radius 3 is 2.50 bits per heavy atom. The summed E-state index contributed by atoms with van der Waals surface area (Å²) in [5.74, 6) is 2.57. The van der Waals surface area contributed by atoms with Gasteiger partial charge in [0.15, 0.2) is 0 Å². The molecule has 32 heavy (non-hydrogen) atoms. The maximum atomic E-state index is 13.0. The third kappa shape index (κ3) is 5.56. The highest BCUT2D eigenvalue weighted by Gasteiger charge is 2.58. The SMILES string of the molecule is CC(C)N(CCSCC(=O)O[C@@H]1CC(C)(C)[C@@H](C)CC23CCCC1C2C(=O)CC3)C(C)C. The lowest BCUT2D eigenvalue weighted by molar-refractivity contribution is -0.162. The number of esters is 1. The van der Waals surface area contributed by atoms with E-state index in [-0.39, 0.29) is 34.7 Å². The molecule has 0 amide bonds. The minimum atomic E-state index is -0.115. The molecule has 0 aromatic heterocycles. The normalized spacial score (nSPS) is 34.5. The molecular formula is C27H47NO3S. The van der Waals surface area contributed by atoms with Crippen molar-refractivity contribution >= 4 is 23.5 Å². The second-order valence-corrected chi connectivity index (χ2v) is 13.3. The van der Waals surface area contributed by atoms with Crippen molar-refractivity contribution in [2.24, 2.45) is 28.6 Å². The minimum absolute atomic E-state index is 0.0914. The summed E-state index contributed by atoms with van der Waals surface area (Å²) in [6.07, 6.45) is 7.08. The Kier molecular flexibility index (Phi) is 8.45.